The first-order valence-electron chi connectivity index (χ1n) is 8.66. The summed E-state index contributed by atoms with van der Waals surface area (Å²) < 4.78 is 0. The Morgan fingerprint density at radius 1 is 1.24 bits per heavy atom. The highest BCUT2D eigenvalue weighted by Gasteiger charge is 2.04. The molecule has 0 aromatic heterocycles. The Hall–Kier alpha value is -1.57. The van der Waals surface area contributed by atoms with Crippen LogP contribution in [0.1, 0.15) is 44.6 Å². The van der Waals surface area contributed by atoms with Crippen molar-refractivity contribution in [1.82, 2.24) is 10.6 Å². The zero-order valence-electron chi connectivity index (χ0n) is 15.1. The summed E-state index contributed by atoms with van der Waals surface area (Å²) in [4.78, 5) is 15.4. The van der Waals surface area contributed by atoms with Crippen LogP contribution >= 0.6 is 24.0 Å². The number of carbonyl (C=O) groups excluding carboxylic acids is 1. The van der Waals surface area contributed by atoms with Crippen LogP contribution in [0.5, 0.6) is 0 Å². The minimum absolute atomic E-state index is 0. The van der Waals surface area contributed by atoms with Gasteiger partial charge in [0.1, 0.15) is 0 Å². The molecule has 5 nitrogen and oxygen atoms in total. The Morgan fingerprint density at radius 2 is 2.08 bits per heavy atom. The number of nitrogens with zero attached hydrogens (tertiary/aromatic N) is 1. The van der Waals surface area contributed by atoms with Gasteiger partial charge >= 0.3 is 0 Å². The van der Waals surface area contributed by atoms with Crippen molar-refractivity contribution in [2.45, 2.75) is 45.6 Å². The average molecular weight is 456 g/mol. The van der Waals surface area contributed by atoms with Gasteiger partial charge in [0, 0.05) is 32.7 Å². The summed E-state index contributed by atoms with van der Waals surface area (Å²) >= 11 is 0. The highest BCUT2D eigenvalue weighted by atomic mass is 127. The number of allylic oxidation sites excluding steroid dienone is 1. The number of nitrogens with one attached hydrogen (secondary N) is 3. The monoisotopic (exact) mass is 456 g/mol. The summed E-state index contributed by atoms with van der Waals surface area (Å²) in [6.45, 7) is 3.08. The molecule has 0 unspecified atom stereocenters. The Balaban J connectivity index is 0.00000312. The maximum atomic E-state index is 11.1. The normalized spacial score (nSPS) is 14.2. The number of anilines is 1. The van der Waals surface area contributed by atoms with Crippen LogP contribution in [0, 0.1) is 0 Å². The topological polar surface area (TPSA) is 65.5 Å². The van der Waals surface area contributed by atoms with Crippen LogP contribution in [0.4, 0.5) is 5.69 Å². The average Bonchev–Trinajstić information content (AvgIpc) is 2.58. The van der Waals surface area contributed by atoms with E-state index in [1.54, 1.807) is 12.6 Å². The predicted octanol–water partition coefficient (Wildman–Crippen LogP) is 3.82. The number of rotatable bonds is 6. The molecule has 0 saturated heterocycles. The first-order valence-corrected chi connectivity index (χ1v) is 8.66. The third-order valence-electron chi connectivity index (χ3n) is 4.05. The second kappa shape index (κ2) is 11.9. The van der Waals surface area contributed by atoms with Crippen LogP contribution in [0.15, 0.2) is 40.9 Å². The lowest BCUT2D eigenvalue weighted by atomic mass is 9.97. The quantitative estimate of drug-likeness (QED) is 0.264. The van der Waals surface area contributed by atoms with Gasteiger partial charge in [-0.1, -0.05) is 23.8 Å². The van der Waals surface area contributed by atoms with E-state index in [1.165, 1.54) is 32.6 Å². The van der Waals surface area contributed by atoms with Crippen LogP contribution in [0.3, 0.4) is 0 Å². The second-order valence-electron chi connectivity index (χ2n) is 6.09. The van der Waals surface area contributed by atoms with Gasteiger partial charge in [-0.25, -0.2) is 0 Å². The molecule has 0 saturated carbocycles. The van der Waals surface area contributed by atoms with E-state index in [1.807, 2.05) is 24.3 Å². The molecule has 0 fully saturated rings. The standard InChI is InChI=1S/C19H28N4O.HI/c1-15(24)23-18-10-6-9-17(13-18)14-22-19(20-2)21-12-11-16-7-4-3-5-8-16;/h6-7,9-10,13H,3-5,8,11-12,14H2,1-2H3,(H,23,24)(H2,20,21,22);1H. The summed E-state index contributed by atoms with van der Waals surface area (Å²) in [5, 5.41) is 9.47. The van der Waals surface area contributed by atoms with E-state index in [9.17, 15) is 4.79 Å². The van der Waals surface area contributed by atoms with Gasteiger partial charge in [-0.05, 0) is 49.8 Å². The Morgan fingerprint density at radius 3 is 2.76 bits per heavy atom. The third kappa shape index (κ3) is 8.38. The number of benzene rings is 1. The van der Waals surface area contributed by atoms with Crippen LogP contribution in [0.2, 0.25) is 0 Å². The van der Waals surface area contributed by atoms with Crippen molar-refractivity contribution in [3.63, 3.8) is 0 Å². The maximum Gasteiger partial charge on any atom is 0.221 e. The number of amides is 1. The van der Waals surface area contributed by atoms with E-state index in [-0.39, 0.29) is 29.9 Å². The zero-order chi connectivity index (χ0) is 17.2. The van der Waals surface area contributed by atoms with Gasteiger partial charge in [0.15, 0.2) is 5.96 Å². The number of halogens is 1. The molecule has 1 aliphatic carbocycles. The van der Waals surface area contributed by atoms with E-state index in [2.05, 4.69) is 27.0 Å². The fourth-order valence-electron chi connectivity index (χ4n) is 2.84. The van der Waals surface area contributed by atoms with Gasteiger partial charge in [0.05, 0.1) is 0 Å². The highest BCUT2D eigenvalue weighted by Crippen LogP contribution is 2.19. The molecule has 0 aliphatic heterocycles. The summed E-state index contributed by atoms with van der Waals surface area (Å²) in [5.41, 5.74) is 3.47. The van der Waals surface area contributed by atoms with E-state index in [4.69, 9.17) is 0 Å². The van der Waals surface area contributed by atoms with Crippen LogP contribution in [-0.4, -0.2) is 25.5 Å². The largest absolute Gasteiger partial charge is 0.356 e. The fraction of sp³-hybridized carbons (Fsp3) is 0.474. The summed E-state index contributed by atoms with van der Waals surface area (Å²) in [5.74, 6) is 0.742. The van der Waals surface area contributed by atoms with Gasteiger partial charge in [-0.2, -0.15) is 0 Å². The molecule has 138 valence electrons. The fourth-order valence-corrected chi connectivity index (χ4v) is 2.84. The third-order valence-corrected chi connectivity index (χ3v) is 4.05. The van der Waals surface area contributed by atoms with Gasteiger partial charge in [-0.3, -0.25) is 9.79 Å². The minimum atomic E-state index is -0.0606. The second-order valence-corrected chi connectivity index (χ2v) is 6.09. The van der Waals surface area contributed by atoms with E-state index >= 15 is 0 Å². The smallest absolute Gasteiger partial charge is 0.221 e. The molecule has 3 N–H and O–H groups in total. The van der Waals surface area contributed by atoms with Crippen molar-refractivity contribution in [2.24, 2.45) is 4.99 Å². The molecule has 1 amide bonds. The van der Waals surface area contributed by atoms with Gasteiger partial charge in [0.25, 0.3) is 0 Å². The minimum Gasteiger partial charge on any atom is -0.356 e. The molecule has 0 radical (unpaired) electrons. The molecular weight excluding hydrogens is 427 g/mol. The molecule has 0 atom stereocenters. The van der Waals surface area contributed by atoms with Crippen molar-refractivity contribution >= 4 is 41.5 Å². The molecule has 25 heavy (non-hydrogen) atoms. The molecule has 1 aromatic carbocycles. The van der Waals surface area contributed by atoms with Crippen LogP contribution < -0.4 is 16.0 Å². The van der Waals surface area contributed by atoms with Crippen molar-refractivity contribution in [3.8, 4) is 0 Å². The van der Waals surface area contributed by atoms with Gasteiger partial charge < -0.3 is 16.0 Å². The van der Waals surface area contributed by atoms with Crippen molar-refractivity contribution in [1.29, 1.82) is 0 Å². The van der Waals surface area contributed by atoms with E-state index < -0.39 is 0 Å². The summed E-state index contributed by atoms with van der Waals surface area (Å²) in [7, 11) is 1.78. The first-order chi connectivity index (χ1) is 11.7. The first kappa shape index (κ1) is 21.5. The van der Waals surface area contributed by atoms with Crippen molar-refractivity contribution < 1.29 is 4.79 Å². The Kier molecular flexibility index (Phi) is 10.2. The summed E-state index contributed by atoms with van der Waals surface area (Å²) in [6.07, 6.45) is 8.59. The molecular formula is C19H29IN4O. The number of guanidine groups is 1. The van der Waals surface area contributed by atoms with Gasteiger partial charge in [-0.15, -0.1) is 24.0 Å². The molecule has 6 heteroatoms. The molecule has 0 heterocycles. The SMILES string of the molecule is CN=C(NCCC1=CCCCC1)NCc1cccc(NC(C)=O)c1.I. The van der Waals surface area contributed by atoms with Crippen molar-refractivity contribution in [3.05, 3.63) is 41.5 Å². The predicted molar refractivity (Wildman–Crippen MR) is 116 cm³/mol. The van der Waals surface area contributed by atoms with Crippen molar-refractivity contribution in [2.75, 3.05) is 18.9 Å². The Bertz CT molecular complexity index is 613. The highest BCUT2D eigenvalue weighted by molar-refractivity contribution is 14.0. The maximum absolute atomic E-state index is 11.1. The molecule has 0 bridgehead atoms. The molecule has 0 spiro atoms. The Labute approximate surface area is 167 Å². The lowest BCUT2D eigenvalue weighted by Gasteiger charge is -2.15. The molecule has 2 rings (SSSR count). The lowest BCUT2D eigenvalue weighted by Crippen LogP contribution is -2.37. The summed E-state index contributed by atoms with van der Waals surface area (Å²) in [6, 6.07) is 7.82. The van der Waals surface area contributed by atoms with Gasteiger partial charge in [0.2, 0.25) is 5.91 Å². The molecule has 1 aliphatic rings. The van der Waals surface area contributed by atoms with E-state index in [0.717, 1.165) is 30.2 Å². The number of hydrogen-bond donors (Lipinski definition) is 3. The zero-order valence-corrected chi connectivity index (χ0v) is 17.4. The molecule has 1 aromatic rings. The number of hydrogen-bond acceptors (Lipinski definition) is 2. The van der Waals surface area contributed by atoms with Crippen LogP contribution in [-0.2, 0) is 11.3 Å². The van der Waals surface area contributed by atoms with Crippen LogP contribution in [0.25, 0.3) is 0 Å². The van der Waals surface area contributed by atoms with E-state index in [0.29, 0.717) is 6.54 Å². The lowest BCUT2D eigenvalue weighted by molar-refractivity contribution is -0.114. The number of aliphatic imine (C=N–C) groups is 1. The number of carbonyl (C=O) groups is 1.